The Morgan fingerprint density at radius 2 is 2.12 bits per heavy atom. The van der Waals surface area contributed by atoms with Gasteiger partial charge in [-0.3, -0.25) is 4.68 Å². The molecule has 3 nitrogen and oxygen atoms in total. The van der Waals surface area contributed by atoms with Crippen LogP contribution in [0.25, 0.3) is 11.0 Å². The van der Waals surface area contributed by atoms with E-state index in [-0.39, 0.29) is 0 Å². The third-order valence-corrected chi connectivity index (χ3v) is 4.33. The van der Waals surface area contributed by atoms with Crippen molar-refractivity contribution in [1.29, 1.82) is 0 Å². The first-order valence-corrected chi connectivity index (χ1v) is 6.40. The van der Waals surface area contributed by atoms with E-state index in [9.17, 15) is 0 Å². The van der Waals surface area contributed by atoms with Crippen molar-refractivity contribution in [1.82, 2.24) is 14.8 Å². The molecule has 3 heteroatoms. The SMILES string of the molecule is Cc1nn(C)c2ncc3c(c12)C(C)C(C)CC3. The van der Waals surface area contributed by atoms with Gasteiger partial charge < -0.3 is 0 Å². The number of fused-ring (bicyclic) bond motifs is 3. The Balaban J connectivity index is 2.37. The van der Waals surface area contributed by atoms with Crippen molar-refractivity contribution in [2.75, 3.05) is 0 Å². The Bertz CT molecular complexity index is 583. The van der Waals surface area contributed by atoms with Crippen molar-refractivity contribution in [2.24, 2.45) is 13.0 Å². The van der Waals surface area contributed by atoms with Crippen LogP contribution in [0.3, 0.4) is 0 Å². The number of hydrogen-bond acceptors (Lipinski definition) is 2. The second-order valence-electron chi connectivity index (χ2n) is 5.41. The zero-order chi connectivity index (χ0) is 12.2. The lowest BCUT2D eigenvalue weighted by Crippen LogP contribution is -2.17. The molecule has 0 bridgehead atoms. The number of aryl methyl sites for hydroxylation is 3. The molecule has 2 aromatic heterocycles. The van der Waals surface area contributed by atoms with Crippen LogP contribution >= 0.6 is 0 Å². The van der Waals surface area contributed by atoms with E-state index < -0.39 is 0 Å². The van der Waals surface area contributed by atoms with Gasteiger partial charge in [0, 0.05) is 18.6 Å². The zero-order valence-corrected chi connectivity index (χ0v) is 11.0. The monoisotopic (exact) mass is 229 g/mol. The molecule has 0 N–H and O–H groups in total. The van der Waals surface area contributed by atoms with Crippen molar-refractivity contribution in [3.63, 3.8) is 0 Å². The lowest BCUT2D eigenvalue weighted by molar-refractivity contribution is 0.428. The quantitative estimate of drug-likeness (QED) is 0.695. The largest absolute Gasteiger partial charge is 0.250 e. The zero-order valence-electron chi connectivity index (χ0n) is 11.0. The normalized spacial score (nSPS) is 24.0. The molecule has 0 saturated heterocycles. The minimum atomic E-state index is 0.618. The number of nitrogens with zero attached hydrogens (tertiary/aromatic N) is 3. The highest BCUT2D eigenvalue weighted by atomic mass is 15.3. The number of aromatic nitrogens is 3. The predicted octanol–water partition coefficient (Wildman–Crippen LogP) is 2.96. The molecular weight excluding hydrogens is 210 g/mol. The summed E-state index contributed by atoms with van der Waals surface area (Å²) in [5.41, 5.74) is 5.08. The Morgan fingerprint density at radius 1 is 1.35 bits per heavy atom. The van der Waals surface area contributed by atoms with Gasteiger partial charge in [0.1, 0.15) is 0 Å². The molecule has 0 aromatic carbocycles. The average Bonchev–Trinajstić information content (AvgIpc) is 2.60. The molecule has 2 aromatic rings. The van der Waals surface area contributed by atoms with Crippen LogP contribution in [0.1, 0.15) is 43.0 Å². The Kier molecular flexibility index (Phi) is 2.25. The maximum absolute atomic E-state index is 4.57. The van der Waals surface area contributed by atoms with E-state index >= 15 is 0 Å². The summed E-state index contributed by atoms with van der Waals surface area (Å²) in [5, 5.41) is 5.81. The van der Waals surface area contributed by atoms with Gasteiger partial charge in [-0.05, 0) is 42.7 Å². The first kappa shape index (κ1) is 10.8. The molecular formula is C14H19N3. The summed E-state index contributed by atoms with van der Waals surface area (Å²) in [7, 11) is 1.98. The van der Waals surface area contributed by atoms with E-state index in [1.807, 2.05) is 11.7 Å². The van der Waals surface area contributed by atoms with E-state index in [1.165, 1.54) is 22.9 Å². The molecule has 1 aliphatic rings. The predicted molar refractivity (Wildman–Crippen MR) is 69.1 cm³/mol. The molecule has 0 fully saturated rings. The van der Waals surface area contributed by atoms with Gasteiger partial charge in [0.15, 0.2) is 5.65 Å². The summed E-state index contributed by atoms with van der Waals surface area (Å²) in [6.07, 6.45) is 4.50. The first-order valence-electron chi connectivity index (χ1n) is 6.40. The Morgan fingerprint density at radius 3 is 2.88 bits per heavy atom. The Hall–Kier alpha value is -1.38. The fourth-order valence-corrected chi connectivity index (χ4v) is 3.12. The minimum Gasteiger partial charge on any atom is -0.250 e. The van der Waals surface area contributed by atoms with Gasteiger partial charge in [0.2, 0.25) is 0 Å². The highest BCUT2D eigenvalue weighted by Crippen LogP contribution is 2.39. The third kappa shape index (κ3) is 1.41. The summed E-state index contributed by atoms with van der Waals surface area (Å²) in [6, 6.07) is 0. The lowest BCUT2D eigenvalue weighted by atomic mass is 9.76. The smallest absolute Gasteiger partial charge is 0.158 e. The van der Waals surface area contributed by atoms with Gasteiger partial charge in [0.05, 0.1) is 5.69 Å². The van der Waals surface area contributed by atoms with E-state index in [2.05, 4.69) is 37.1 Å². The summed E-state index contributed by atoms with van der Waals surface area (Å²) in [4.78, 5) is 4.57. The van der Waals surface area contributed by atoms with Crippen molar-refractivity contribution in [3.8, 4) is 0 Å². The summed E-state index contributed by atoms with van der Waals surface area (Å²) in [6.45, 7) is 6.79. The van der Waals surface area contributed by atoms with Crippen molar-refractivity contribution in [3.05, 3.63) is 23.0 Å². The summed E-state index contributed by atoms with van der Waals surface area (Å²) >= 11 is 0. The molecule has 1 aliphatic carbocycles. The van der Waals surface area contributed by atoms with Crippen LogP contribution in [0.5, 0.6) is 0 Å². The summed E-state index contributed by atoms with van der Waals surface area (Å²) in [5.74, 6) is 1.37. The molecule has 0 radical (unpaired) electrons. The van der Waals surface area contributed by atoms with Gasteiger partial charge in [-0.25, -0.2) is 4.98 Å². The van der Waals surface area contributed by atoms with Gasteiger partial charge >= 0.3 is 0 Å². The van der Waals surface area contributed by atoms with Crippen LogP contribution < -0.4 is 0 Å². The number of rotatable bonds is 0. The van der Waals surface area contributed by atoms with E-state index in [4.69, 9.17) is 0 Å². The van der Waals surface area contributed by atoms with Crippen LogP contribution in [0.2, 0.25) is 0 Å². The number of pyridine rings is 1. The second kappa shape index (κ2) is 3.56. The molecule has 2 atom stereocenters. The maximum atomic E-state index is 4.57. The standard InChI is InChI=1S/C14H19N3/c1-8-5-6-11-7-15-14-13(12(11)9(8)2)10(3)16-17(14)4/h7-9H,5-6H2,1-4H3. The minimum absolute atomic E-state index is 0.618. The summed E-state index contributed by atoms with van der Waals surface area (Å²) < 4.78 is 1.90. The van der Waals surface area contributed by atoms with E-state index in [0.717, 1.165) is 23.7 Å². The fraction of sp³-hybridized carbons (Fsp3) is 0.571. The average molecular weight is 229 g/mol. The molecule has 2 heterocycles. The van der Waals surface area contributed by atoms with Crippen molar-refractivity contribution < 1.29 is 0 Å². The van der Waals surface area contributed by atoms with Crippen LogP contribution in [0.4, 0.5) is 0 Å². The highest BCUT2D eigenvalue weighted by Gasteiger charge is 2.27. The molecule has 3 rings (SSSR count). The van der Waals surface area contributed by atoms with E-state index in [1.54, 1.807) is 0 Å². The molecule has 0 aliphatic heterocycles. The lowest BCUT2D eigenvalue weighted by Gasteiger charge is -2.29. The highest BCUT2D eigenvalue weighted by molar-refractivity contribution is 5.84. The van der Waals surface area contributed by atoms with Crippen LogP contribution in [0, 0.1) is 12.8 Å². The van der Waals surface area contributed by atoms with Gasteiger partial charge in [-0.15, -0.1) is 0 Å². The molecule has 0 saturated carbocycles. The topological polar surface area (TPSA) is 30.7 Å². The van der Waals surface area contributed by atoms with Crippen molar-refractivity contribution in [2.45, 2.75) is 39.5 Å². The molecule has 0 amide bonds. The fourth-order valence-electron chi connectivity index (χ4n) is 3.12. The van der Waals surface area contributed by atoms with Gasteiger partial charge in [-0.2, -0.15) is 5.10 Å². The Labute approximate surface area is 102 Å². The van der Waals surface area contributed by atoms with Gasteiger partial charge in [-0.1, -0.05) is 13.8 Å². The molecule has 90 valence electrons. The van der Waals surface area contributed by atoms with Crippen LogP contribution in [-0.4, -0.2) is 14.8 Å². The third-order valence-electron chi connectivity index (χ3n) is 4.33. The number of hydrogen-bond donors (Lipinski definition) is 0. The first-order chi connectivity index (χ1) is 8.09. The van der Waals surface area contributed by atoms with Crippen molar-refractivity contribution >= 4 is 11.0 Å². The van der Waals surface area contributed by atoms with E-state index in [0.29, 0.717) is 5.92 Å². The van der Waals surface area contributed by atoms with Crippen LogP contribution in [-0.2, 0) is 13.5 Å². The maximum Gasteiger partial charge on any atom is 0.158 e. The van der Waals surface area contributed by atoms with Crippen LogP contribution in [0.15, 0.2) is 6.20 Å². The second-order valence-corrected chi connectivity index (χ2v) is 5.41. The molecule has 0 spiro atoms. The molecule has 2 unspecified atom stereocenters. The molecule has 17 heavy (non-hydrogen) atoms. The van der Waals surface area contributed by atoms with Gasteiger partial charge in [0.25, 0.3) is 0 Å².